The quantitative estimate of drug-likeness (QED) is 0.934. The molecule has 0 spiro atoms. The molecule has 1 aromatic heterocycles. The maximum Gasteiger partial charge on any atom is 0.161 e. The van der Waals surface area contributed by atoms with Gasteiger partial charge in [-0.2, -0.15) is 0 Å². The molecule has 122 valence electrons. The summed E-state index contributed by atoms with van der Waals surface area (Å²) in [6.07, 6.45) is 2.27. The molecular weight excluding hydrogens is 308 g/mol. The second-order valence-corrected chi connectivity index (χ2v) is 6.69. The number of piperidine rings is 1. The van der Waals surface area contributed by atoms with Crippen molar-refractivity contribution in [2.75, 3.05) is 24.5 Å². The van der Waals surface area contributed by atoms with Gasteiger partial charge in [0.1, 0.15) is 5.82 Å². The third-order valence-electron chi connectivity index (χ3n) is 4.71. The summed E-state index contributed by atoms with van der Waals surface area (Å²) in [4.78, 5) is 11.9. The Balaban J connectivity index is 1.93. The lowest BCUT2D eigenvalue weighted by molar-refractivity contribution is 0.412. The molecule has 1 aliphatic heterocycles. The molecule has 0 aliphatic carbocycles. The molecule has 4 nitrogen and oxygen atoms in total. The number of halogens is 1. The summed E-state index contributed by atoms with van der Waals surface area (Å²) in [6, 6.07) is 7.69. The van der Waals surface area contributed by atoms with Crippen LogP contribution in [0.25, 0.3) is 11.4 Å². The van der Waals surface area contributed by atoms with E-state index in [-0.39, 0.29) is 0 Å². The summed E-state index contributed by atoms with van der Waals surface area (Å²) >= 11 is 5.98. The largest absolute Gasteiger partial charge is 0.356 e. The average Bonchev–Trinajstić information content (AvgIpc) is 2.58. The van der Waals surface area contributed by atoms with Gasteiger partial charge in [0.05, 0.1) is 0 Å². The average molecular weight is 331 g/mol. The van der Waals surface area contributed by atoms with Crippen molar-refractivity contribution >= 4 is 17.4 Å². The van der Waals surface area contributed by atoms with Crippen LogP contribution >= 0.6 is 11.6 Å². The van der Waals surface area contributed by atoms with E-state index in [1.165, 1.54) is 0 Å². The van der Waals surface area contributed by atoms with E-state index in [1.807, 2.05) is 31.2 Å². The van der Waals surface area contributed by atoms with Crippen LogP contribution in [0.15, 0.2) is 24.3 Å². The van der Waals surface area contributed by atoms with Gasteiger partial charge >= 0.3 is 0 Å². The van der Waals surface area contributed by atoms with Crippen molar-refractivity contribution in [3.05, 3.63) is 40.5 Å². The van der Waals surface area contributed by atoms with Crippen molar-refractivity contribution in [1.29, 1.82) is 0 Å². The van der Waals surface area contributed by atoms with E-state index in [0.29, 0.717) is 5.92 Å². The van der Waals surface area contributed by atoms with Crippen LogP contribution in [-0.2, 0) is 0 Å². The fraction of sp³-hybridized carbons (Fsp3) is 0.444. The monoisotopic (exact) mass is 330 g/mol. The van der Waals surface area contributed by atoms with Gasteiger partial charge in [-0.15, -0.1) is 0 Å². The number of nitrogens with two attached hydrogens (primary N) is 1. The molecule has 1 saturated heterocycles. The van der Waals surface area contributed by atoms with Crippen molar-refractivity contribution in [2.24, 2.45) is 11.7 Å². The van der Waals surface area contributed by atoms with Crippen LogP contribution in [0.5, 0.6) is 0 Å². The summed E-state index contributed by atoms with van der Waals surface area (Å²) in [7, 11) is 0. The number of nitrogens with zero attached hydrogens (tertiary/aromatic N) is 3. The van der Waals surface area contributed by atoms with Crippen molar-refractivity contribution in [3.63, 3.8) is 0 Å². The fourth-order valence-corrected chi connectivity index (χ4v) is 3.16. The number of aromatic nitrogens is 2. The van der Waals surface area contributed by atoms with Gasteiger partial charge in [0.25, 0.3) is 0 Å². The third kappa shape index (κ3) is 3.48. The Hall–Kier alpha value is -1.65. The van der Waals surface area contributed by atoms with Gasteiger partial charge in [-0.3, -0.25) is 0 Å². The Morgan fingerprint density at radius 2 is 1.78 bits per heavy atom. The predicted molar refractivity (Wildman–Crippen MR) is 95.9 cm³/mol. The van der Waals surface area contributed by atoms with Gasteiger partial charge in [-0.05, 0) is 63.4 Å². The van der Waals surface area contributed by atoms with E-state index in [1.54, 1.807) is 0 Å². The molecule has 0 amide bonds. The zero-order chi connectivity index (χ0) is 16.4. The topological polar surface area (TPSA) is 55.0 Å². The highest BCUT2D eigenvalue weighted by Gasteiger charge is 2.22. The minimum absolute atomic E-state index is 0.644. The Labute approximate surface area is 142 Å². The third-order valence-corrected chi connectivity index (χ3v) is 4.97. The first-order valence-corrected chi connectivity index (χ1v) is 8.52. The Morgan fingerprint density at radius 1 is 1.13 bits per heavy atom. The van der Waals surface area contributed by atoms with Gasteiger partial charge < -0.3 is 10.6 Å². The van der Waals surface area contributed by atoms with Crippen LogP contribution in [0.2, 0.25) is 5.02 Å². The SMILES string of the molecule is Cc1nc(-c2ccc(Cl)cc2)nc(N2CCC(CN)CC2)c1C. The standard InChI is InChI=1S/C18H23ClN4/c1-12-13(2)21-17(15-3-5-16(19)6-4-15)22-18(12)23-9-7-14(11-20)8-10-23/h3-6,14H,7-11,20H2,1-2H3. The summed E-state index contributed by atoms with van der Waals surface area (Å²) in [5, 5.41) is 0.724. The summed E-state index contributed by atoms with van der Waals surface area (Å²) in [5.74, 6) is 2.46. The van der Waals surface area contributed by atoms with E-state index >= 15 is 0 Å². The number of aryl methyl sites for hydroxylation is 1. The van der Waals surface area contributed by atoms with Crippen LogP contribution in [-0.4, -0.2) is 29.6 Å². The summed E-state index contributed by atoms with van der Waals surface area (Å²) in [6.45, 7) is 6.96. The highest BCUT2D eigenvalue weighted by atomic mass is 35.5. The Kier molecular flexibility index (Phi) is 4.83. The van der Waals surface area contributed by atoms with Crippen molar-refractivity contribution in [3.8, 4) is 11.4 Å². The molecule has 2 heterocycles. The van der Waals surface area contributed by atoms with Gasteiger partial charge in [0.2, 0.25) is 0 Å². The van der Waals surface area contributed by atoms with Gasteiger partial charge in [-0.25, -0.2) is 9.97 Å². The highest BCUT2D eigenvalue weighted by molar-refractivity contribution is 6.30. The van der Waals surface area contributed by atoms with Crippen LogP contribution in [0.1, 0.15) is 24.1 Å². The highest BCUT2D eigenvalue weighted by Crippen LogP contribution is 2.28. The molecule has 0 atom stereocenters. The molecule has 5 heteroatoms. The Bertz CT molecular complexity index is 676. The van der Waals surface area contributed by atoms with Crippen LogP contribution < -0.4 is 10.6 Å². The fourth-order valence-electron chi connectivity index (χ4n) is 3.03. The maximum atomic E-state index is 5.98. The molecule has 0 saturated carbocycles. The minimum Gasteiger partial charge on any atom is -0.356 e. The first-order valence-electron chi connectivity index (χ1n) is 8.14. The zero-order valence-electron chi connectivity index (χ0n) is 13.7. The second kappa shape index (κ2) is 6.85. The molecular formula is C18H23ClN4. The van der Waals surface area contributed by atoms with E-state index in [0.717, 1.165) is 66.0 Å². The lowest BCUT2D eigenvalue weighted by atomic mass is 9.97. The van der Waals surface area contributed by atoms with Crippen LogP contribution in [0, 0.1) is 19.8 Å². The molecule has 0 radical (unpaired) electrons. The molecule has 23 heavy (non-hydrogen) atoms. The minimum atomic E-state index is 0.644. The van der Waals surface area contributed by atoms with E-state index in [4.69, 9.17) is 22.3 Å². The van der Waals surface area contributed by atoms with Gasteiger partial charge in [-0.1, -0.05) is 11.6 Å². The normalized spacial score (nSPS) is 15.9. The molecule has 3 rings (SSSR count). The second-order valence-electron chi connectivity index (χ2n) is 6.25. The predicted octanol–water partition coefficient (Wildman–Crippen LogP) is 3.59. The van der Waals surface area contributed by atoms with Gasteiger partial charge in [0.15, 0.2) is 5.82 Å². The van der Waals surface area contributed by atoms with Crippen LogP contribution in [0.3, 0.4) is 0 Å². The summed E-state index contributed by atoms with van der Waals surface area (Å²) in [5.41, 5.74) is 8.98. The maximum absolute atomic E-state index is 5.98. The molecule has 2 N–H and O–H groups in total. The van der Waals surface area contributed by atoms with Gasteiger partial charge in [0, 0.05) is 34.9 Å². The lowest BCUT2D eigenvalue weighted by Gasteiger charge is -2.33. The zero-order valence-corrected chi connectivity index (χ0v) is 14.5. The molecule has 1 aliphatic rings. The molecule has 2 aromatic rings. The van der Waals surface area contributed by atoms with Crippen molar-refractivity contribution < 1.29 is 0 Å². The van der Waals surface area contributed by atoms with Crippen molar-refractivity contribution in [2.45, 2.75) is 26.7 Å². The number of hydrogen-bond acceptors (Lipinski definition) is 4. The summed E-state index contributed by atoms with van der Waals surface area (Å²) < 4.78 is 0. The molecule has 1 aromatic carbocycles. The number of hydrogen-bond donors (Lipinski definition) is 1. The van der Waals surface area contributed by atoms with E-state index in [9.17, 15) is 0 Å². The molecule has 0 unspecified atom stereocenters. The first-order chi connectivity index (χ1) is 11.1. The smallest absolute Gasteiger partial charge is 0.161 e. The van der Waals surface area contributed by atoms with E-state index < -0.39 is 0 Å². The van der Waals surface area contributed by atoms with E-state index in [2.05, 4.69) is 16.8 Å². The first kappa shape index (κ1) is 16.2. The molecule has 1 fully saturated rings. The van der Waals surface area contributed by atoms with Crippen molar-refractivity contribution in [1.82, 2.24) is 9.97 Å². The van der Waals surface area contributed by atoms with Crippen LogP contribution in [0.4, 0.5) is 5.82 Å². The number of benzene rings is 1. The number of rotatable bonds is 3. The Morgan fingerprint density at radius 3 is 2.39 bits per heavy atom. The molecule has 0 bridgehead atoms. The lowest BCUT2D eigenvalue weighted by Crippen LogP contribution is -2.37. The number of anilines is 1.